The number of hydrogen-bond donors (Lipinski definition) is 1. The molecule has 0 unspecified atom stereocenters. The number of aryl methyl sites for hydroxylation is 1. The van der Waals surface area contributed by atoms with Crippen LogP contribution in [-0.2, 0) is 6.61 Å². The minimum Gasteiger partial charge on any atom is -0.490 e. The van der Waals surface area contributed by atoms with E-state index < -0.39 is 0 Å². The summed E-state index contributed by atoms with van der Waals surface area (Å²) >= 11 is 3.48. The zero-order valence-corrected chi connectivity index (χ0v) is 14.1. The molecule has 0 saturated heterocycles. The summed E-state index contributed by atoms with van der Waals surface area (Å²) in [5, 5.41) is 11.7. The monoisotopic (exact) mass is 363 g/mol. The van der Waals surface area contributed by atoms with Gasteiger partial charge in [-0.1, -0.05) is 29.4 Å². The van der Waals surface area contributed by atoms with Gasteiger partial charge in [0.2, 0.25) is 0 Å². The van der Waals surface area contributed by atoms with E-state index >= 15 is 0 Å². The SMILES string of the molecule is CCOc1cc(C=NO)cc(Br)c1OCc1ccccc1C. The predicted molar refractivity (Wildman–Crippen MR) is 90.2 cm³/mol. The highest BCUT2D eigenvalue weighted by atomic mass is 79.9. The molecule has 0 aliphatic carbocycles. The predicted octanol–water partition coefficient (Wildman–Crippen LogP) is 4.54. The van der Waals surface area contributed by atoms with E-state index in [0.29, 0.717) is 24.7 Å². The van der Waals surface area contributed by atoms with Crippen LogP contribution in [0.25, 0.3) is 0 Å². The van der Waals surface area contributed by atoms with Gasteiger partial charge in [-0.2, -0.15) is 0 Å². The van der Waals surface area contributed by atoms with Gasteiger partial charge in [0.15, 0.2) is 11.5 Å². The average molecular weight is 364 g/mol. The van der Waals surface area contributed by atoms with Crippen LogP contribution < -0.4 is 9.47 Å². The van der Waals surface area contributed by atoms with Gasteiger partial charge in [-0.15, -0.1) is 0 Å². The summed E-state index contributed by atoms with van der Waals surface area (Å²) in [6.45, 7) is 4.94. The molecule has 116 valence electrons. The molecule has 22 heavy (non-hydrogen) atoms. The molecule has 0 saturated carbocycles. The molecule has 2 aromatic carbocycles. The molecule has 4 nitrogen and oxygen atoms in total. The zero-order valence-electron chi connectivity index (χ0n) is 12.5. The Kier molecular flexibility index (Phi) is 5.83. The molecule has 5 heteroatoms. The third-order valence-electron chi connectivity index (χ3n) is 3.17. The molecule has 0 atom stereocenters. The van der Waals surface area contributed by atoms with E-state index in [1.165, 1.54) is 11.8 Å². The Bertz CT molecular complexity index is 671. The van der Waals surface area contributed by atoms with Crippen molar-refractivity contribution in [2.75, 3.05) is 6.61 Å². The average Bonchev–Trinajstić information content (AvgIpc) is 2.49. The van der Waals surface area contributed by atoms with Crippen molar-refractivity contribution < 1.29 is 14.7 Å². The van der Waals surface area contributed by atoms with Crippen LogP contribution in [0.15, 0.2) is 46.0 Å². The molecule has 0 aromatic heterocycles. The van der Waals surface area contributed by atoms with Gasteiger partial charge < -0.3 is 14.7 Å². The summed E-state index contributed by atoms with van der Waals surface area (Å²) in [5.41, 5.74) is 3.03. The Hall–Kier alpha value is -2.01. The lowest BCUT2D eigenvalue weighted by atomic mass is 10.1. The third kappa shape index (κ3) is 4.01. The van der Waals surface area contributed by atoms with Crippen molar-refractivity contribution in [3.05, 3.63) is 57.6 Å². The van der Waals surface area contributed by atoms with Crippen molar-refractivity contribution in [1.29, 1.82) is 0 Å². The van der Waals surface area contributed by atoms with Crippen molar-refractivity contribution in [3.63, 3.8) is 0 Å². The van der Waals surface area contributed by atoms with Crippen molar-refractivity contribution in [2.45, 2.75) is 20.5 Å². The summed E-state index contributed by atoms with van der Waals surface area (Å²) in [7, 11) is 0. The lowest BCUT2D eigenvalue weighted by molar-refractivity contribution is 0.267. The Morgan fingerprint density at radius 2 is 2.00 bits per heavy atom. The Morgan fingerprint density at radius 1 is 1.23 bits per heavy atom. The maximum Gasteiger partial charge on any atom is 0.175 e. The lowest BCUT2D eigenvalue weighted by Gasteiger charge is -2.15. The van der Waals surface area contributed by atoms with Gasteiger partial charge in [-0.3, -0.25) is 0 Å². The quantitative estimate of drug-likeness (QED) is 0.465. The second kappa shape index (κ2) is 7.84. The maximum absolute atomic E-state index is 8.67. The molecule has 1 N–H and O–H groups in total. The first-order valence-corrected chi connectivity index (χ1v) is 7.76. The number of rotatable bonds is 6. The number of ether oxygens (including phenoxy) is 2. The van der Waals surface area contributed by atoms with Gasteiger partial charge >= 0.3 is 0 Å². The molecule has 2 rings (SSSR count). The second-order valence-electron chi connectivity index (χ2n) is 4.72. The van der Waals surface area contributed by atoms with Gasteiger partial charge in [0.1, 0.15) is 6.61 Å². The van der Waals surface area contributed by atoms with Crippen molar-refractivity contribution in [2.24, 2.45) is 5.16 Å². The third-order valence-corrected chi connectivity index (χ3v) is 3.76. The van der Waals surface area contributed by atoms with Crippen LogP contribution >= 0.6 is 15.9 Å². The highest BCUT2D eigenvalue weighted by Gasteiger charge is 2.12. The minimum atomic E-state index is 0.457. The first-order chi connectivity index (χ1) is 10.7. The summed E-state index contributed by atoms with van der Waals surface area (Å²) in [5.74, 6) is 1.25. The normalized spacial score (nSPS) is 10.9. The Balaban J connectivity index is 2.27. The fourth-order valence-electron chi connectivity index (χ4n) is 2.05. The van der Waals surface area contributed by atoms with E-state index in [9.17, 15) is 0 Å². The van der Waals surface area contributed by atoms with Crippen LogP contribution in [0.3, 0.4) is 0 Å². The van der Waals surface area contributed by atoms with Crippen molar-refractivity contribution >= 4 is 22.1 Å². The topological polar surface area (TPSA) is 51.0 Å². The first-order valence-electron chi connectivity index (χ1n) is 6.96. The minimum absolute atomic E-state index is 0.457. The van der Waals surface area contributed by atoms with Crippen LogP contribution in [-0.4, -0.2) is 18.0 Å². The van der Waals surface area contributed by atoms with Crippen molar-refractivity contribution in [1.82, 2.24) is 0 Å². The summed E-state index contributed by atoms with van der Waals surface area (Å²) in [6.07, 6.45) is 1.35. The van der Waals surface area contributed by atoms with Gasteiger partial charge in [0.25, 0.3) is 0 Å². The van der Waals surface area contributed by atoms with Crippen LogP contribution in [0.1, 0.15) is 23.6 Å². The van der Waals surface area contributed by atoms with Gasteiger partial charge in [0, 0.05) is 5.56 Å². The number of oxime groups is 1. The molecular formula is C17H18BrNO3. The molecule has 0 aliphatic rings. The van der Waals surface area contributed by atoms with E-state index in [2.05, 4.69) is 34.1 Å². The van der Waals surface area contributed by atoms with Crippen molar-refractivity contribution in [3.8, 4) is 11.5 Å². The van der Waals surface area contributed by atoms with Gasteiger partial charge in [-0.05, 0) is 53.0 Å². The molecular weight excluding hydrogens is 346 g/mol. The standard InChI is InChI=1S/C17H18BrNO3/c1-3-21-16-9-13(10-19-20)8-15(18)17(16)22-11-14-7-5-4-6-12(14)2/h4-10,20H,3,11H2,1-2H3. The molecule has 2 aromatic rings. The first kappa shape index (κ1) is 16.4. The molecule has 0 heterocycles. The number of nitrogens with zero attached hydrogens (tertiary/aromatic N) is 1. The Morgan fingerprint density at radius 3 is 2.68 bits per heavy atom. The van der Waals surface area contributed by atoms with Crippen LogP contribution in [0.5, 0.6) is 11.5 Å². The number of benzene rings is 2. The number of halogens is 1. The highest BCUT2D eigenvalue weighted by molar-refractivity contribution is 9.10. The summed E-state index contributed by atoms with van der Waals surface area (Å²) in [6, 6.07) is 11.7. The smallest absolute Gasteiger partial charge is 0.175 e. The second-order valence-corrected chi connectivity index (χ2v) is 5.58. The van der Waals surface area contributed by atoms with Gasteiger partial charge in [0.05, 0.1) is 17.3 Å². The zero-order chi connectivity index (χ0) is 15.9. The highest BCUT2D eigenvalue weighted by Crippen LogP contribution is 2.37. The molecule has 0 spiro atoms. The maximum atomic E-state index is 8.67. The largest absolute Gasteiger partial charge is 0.490 e. The van der Waals surface area contributed by atoms with Gasteiger partial charge in [-0.25, -0.2) is 0 Å². The lowest BCUT2D eigenvalue weighted by Crippen LogP contribution is -2.02. The molecule has 0 fully saturated rings. The molecule has 0 radical (unpaired) electrons. The van der Waals surface area contributed by atoms with E-state index in [1.54, 1.807) is 6.07 Å². The van der Waals surface area contributed by atoms with Crippen LogP contribution in [0, 0.1) is 6.92 Å². The fraction of sp³-hybridized carbons (Fsp3) is 0.235. The fourth-order valence-corrected chi connectivity index (χ4v) is 2.63. The van der Waals surface area contributed by atoms with E-state index in [-0.39, 0.29) is 0 Å². The van der Waals surface area contributed by atoms with E-state index in [1.807, 2.05) is 31.2 Å². The van der Waals surface area contributed by atoms with Crippen LogP contribution in [0.2, 0.25) is 0 Å². The molecule has 0 aliphatic heterocycles. The molecule has 0 bridgehead atoms. The Labute approximate surface area is 138 Å². The van der Waals surface area contributed by atoms with Crippen LogP contribution in [0.4, 0.5) is 0 Å². The summed E-state index contributed by atoms with van der Waals surface area (Å²) in [4.78, 5) is 0. The van der Waals surface area contributed by atoms with E-state index in [0.717, 1.165) is 15.6 Å². The molecule has 0 amide bonds. The number of hydrogen-bond acceptors (Lipinski definition) is 4. The summed E-state index contributed by atoms with van der Waals surface area (Å²) < 4.78 is 12.3. The van der Waals surface area contributed by atoms with E-state index in [4.69, 9.17) is 14.7 Å².